The van der Waals surface area contributed by atoms with Crippen LogP contribution in [0, 0.1) is 10.8 Å². The van der Waals surface area contributed by atoms with E-state index in [-0.39, 0.29) is 27.7 Å². The first kappa shape index (κ1) is 29.8. The number of morpholine rings is 1. The van der Waals surface area contributed by atoms with E-state index < -0.39 is 10.0 Å². The maximum Gasteiger partial charge on any atom is 0.271 e. The van der Waals surface area contributed by atoms with Crippen molar-refractivity contribution in [1.29, 1.82) is 0 Å². The van der Waals surface area contributed by atoms with Crippen LogP contribution in [0.3, 0.4) is 0 Å². The zero-order valence-electron chi connectivity index (χ0n) is 25.4. The van der Waals surface area contributed by atoms with Gasteiger partial charge >= 0.3 is 0 Å². The molecule has 228 valence electrons. The van der Waals surface area contributed by atoms with Crippen molar-refractivity contribution >= 4 is 28.2 Å². The Hall–Kier alpha value is -3.27. The summed E-state index contributed by atoms with van der Waals surface area (Å²) in [4.78, 5) is 15.5. The van der Waals surface area contributed by atoms with Gasteiger partial charge < -0.3 is 9.64 Å². The Morgan fingerprint density at radius 2 is 1.72 bits per heavy atom. The van der Waals surface area contributed by atoms with Gasteiger partial charge in [-0.3, -0.25) is 4.79 Å². The summed E-state index contributed by atoms with van der Waals surface area (Å²) >= 11 is 0. The van der Waals surface area contributed by atoms with Gasteiger partial charge in [-0.25, -0.2) is 13.8 Å². The molecule has 2 aliphatic carbocycles. The zero-order valence-corrected chi connectivity index (χ0v) is 26.2. The van der Waals surface area contributed by atoms with Crippen LogP contribution in [0.25, 0.3) is 6.08 Å². The fourth-order valence-corrected chi connectivity index (χ4v) is 9.53. The summed E-state index contributed by atoms with van der Waals surface area (Å²) in [6.45, 7) is 10.2. The highest BCUT2D eigenvalue weighted by atomic mass is 32.2. The van der Waals surface area contributed by atoms with E-state index in [1.165, 1.54) is 11.3 Å². The van der Waals surface area contributed by atoms with Crippen molar-refractivity contribution in [2.24, 2.45) is 15.9 Å². The van der Waals surface area contributed by atoms with Gasteiger partial charge in [-0.2, -0.15) is 9.41 Å². The third-order valence-electron chi connectivity index (χ3n) is 9.22. The van der Waals surface area contributed by atoms with Gasteiger partial charge in [0.15, 0.2) is 0 Å². The van der Waals surface area contributed by atoms with Gasteiger partial charge in [0.25, 0.3) is 5.91 Å². The molecule has 0 radical (unpaired) electrons. The number of carbonyl (C=O) groups is 1. The molecular weight excluding hydrogens is 560 g/mol. The summed E-state index contributed by atoms with van der Waals surface area (Å²) < 4.78 is 34.5. The molecule has 2 unspecified atom stereocenters. The van der Waals surface area contributed by atoms with Crippen molar-refractivity contribution in [3.63, 3.8) is 0 Å². The maximum atomic E-state index is 13.6. The number of carbonyl (C=O) groups excluding carboxylic acids is 1. The summed E-state index contributed by atoms with van der Waals surface area (Å²) in [5.41, 5.74) is 7.81. The van der Waals surface area contributed by atoms with Gasteiger partial charge in [-0.1, -0.05) is 51.1 Å². The molecular formula is C34H42N4O4S. The molecule has 1 amide bonds. The number of allylic oxidation sites excluding steroid dienone is 2. The van der Waals surface area contributed by atoms with Gasteiger partial charge in [0.2, 0.25) is 10.0 Å². The summed E-state index contributed by atoms with van der Waals surface area (Å²) in [7, 11) is -3.65. The minimum Gasteiger partial charge on any atom is -0.378 e. The van der Waals surface area contributed by atoms with Gasteiger partial charge in [0, 0.05) is 36.9 Å². The molecule has 2 aromatic rings. The second kappa shape index (κ2) is 11.7. The first-order valence-electron chi connectivity index (χ1n) is 15.3. The molecule has 0 aromatic heterocycles. The number of amides is 1. The minimum absolute atomic E-state index is 0.00577. The quantitative estimate of drug-likeness (QED) is 0.336. The van der Waals surface area contributed by atoms with E-state index in [1.54, 1.807) is 34.8 Å². The standard InChI is InChI=1S/C34H42N4O4S/c1-33(2)20-29-21-34(3,23-33)24-38(29)43(40,41)30-13-11-26(12-14-30)32(39)36-35-22-28-10-9-27(19-25-7-5-4-6-8-25)31(28)37-15-17-42-18-16-37/h4-8,11-14,19,22,29H,9-10,15-18,20-21,23-24H2,1-3H3,(H,36,39)/b27-19-,35-22+. The molecule has 2 aromatic carbocycles. The molecule has 0 spiro atoms. The number of fused-ring (bicyclic) bond motifs is 2. The lowest BCUT2D eigenvalue weighted by Gasteiger charge is -2.39. The summed E-state index contributed by atoms with van der Waals surface area (Å²) in [5, 5.41) is 4.31. The van der Waals surface area contributed by atoms with E-state index >= 15 is 0 Å². The van der Waals surface area contributed by atoms with Crippen LogP contribution in [0.1, 0.15) is 68.8 Å². The molecule has 4 aliphatic rings. The van der Waals surface area contributed by atoms with Crippen molar-refractivity contribution in [3.05, 3.63) is 82.6 Å². The van der Waals surface area contributed by atoms with Crippen LogP contribution in [0.15, 0.2) is 81.4 Å². The fourth-order valence-electron chi connectivity index (χ4n) is 7.76. The molecule has 6 rings (SSSR count). The minimum atomic E-state index is -3.65. The van der Waals surface area contributed by atoms with Crippen LogP contribution in [-0.2, 0) is 14.8 Å². The zero-order chi connectivity index (χ0) is 30.2. The lowest BCUT2D eigenvalue weighted by Crippen LogP contribution is -2.37. The third kappa shape index (κ3) is 6.35. The summed E-state index contributed by atoms with van der Waals surface area (Å²) in [6.07, 6.45) is 8.52. The Kier molecular flexibility index (Phi) is 8.08. The van der Waals surface area contributed by atoms with Crippen LogP contribution in [0.5, 0.6) is 0 Å². The number of nitrogens with one attached hydrogen (secondary N) is 1. The predicted molar refractivity (Wildman–Crippen MR) is 169 cm³/mol. The van der Waals surface area contributed by atoms with Gasteiger partial charge in [0.1, 0.15) is 0 Å². The normalized spacial score (nSPS) is 26.9. The van der Waals surface area contributed by atoms with Crippen LogP contribution in [-0.4, -0.2) is 68.6 Å². The van der Waals surface area contributed by atoms with Crippen molar-refractivity contribution < 1.29 is 17.9 Å². The van der Waals surface area contributed by atoms with Crippen LogP contribution in [0.2, 0.25) is 0 Å². The highest BCUT2D eigenvalue weighted by Crippen LogP contribution is 2.53. The van der Waals surface area contributed by atoms with Gasteiger partial charge in [-0.05, 0) is 90.0 Å². The van der Waals surface area contributed by atoms with E-state index in [0.29, 0.717) is 25.3 Å². The largest absolute Gasteiger partial charge is 0.378 e. The van der Waals surface area contributed by atoms with Crippen molar-refractivity contribution in [3.8, 4) is 0 Å². The Labute approximate surface area is 255 Å². The van der Waals surface area contributed by atoms with E-state index in [9.17, 15) is 13.2 Å². The smallest absolute Gasteiger partial charge is 0.271 e. The molecule has 2 aliphatic heterocycles. The Morgan fingerprint density at radius 3 is 2.44 bits per heavy atom. The maximum absolute atomic E-state index is 13.6. The predicted octanol–water partition coefficient (Wildman–Crippen LogP) is 5.46. The second-order valence-corrected chi connectivity index (χ2v) is 15.4. The molecule has 3 fully saturated rings. The Morgan fingerprint density at radius 1 is 1.00 bits per heavy atom. The number of nitrogens with zero attached hydrogens (tertiary/aromatic N) is 3. The third-order valence-corrected chi connectivity index (χ3v) is 11.1. The van der Waals surface area contributed by atoms with Crippen molar-refractivity contribution in [2.75, 3.05) is 32.8 Å². The molecule has 43 heavy (non-hydrogen) atoms. The average Bonchev–Trinajstić information content (AvgIpc) is 3.50. The highest BCUT2D eigenvalue weighted by molar-refractivity contribution is 7.89. The molecule has 2 heterocycles. The number of benzene rings is 2. The lowest BCUT2D eigenvalue weighted by atomic mass is 9.65. The number of ether oxygens (including phenoxy) is 1. The summed E-state index contributed by atoms with van der Waals surface area (Å²) in [6, 6.07) is 16.5. The molecule has 2 bridgehead atoms. The van der Waals surface area contributed by atoms with Gasteiger partial charge in [0.05, 0.1) is 24.3 Å². The van der Waals surface area contributed by atoms with Crippen molar-refractivity contribution in [1.82, 2.24) is 14.6 Å². The molecule has 2 saturated heterocycles. The Balaban J connectivity index is 1.15. The van der Waals surface area contributed by atoms with E-state index in [0.717, 1.165) is 56.3 Å². The topological polar surface area (TPSA) is 91.3 Å². The monoisotopic (exact) mass is 602 g/mol. The Bertz CT molecular complexity index is 1560. The van der Waals surface area contributed by atoms with Crippen molar-refractivity contribution in [2.45, 2.75) is 63.8 Å². The number of hydrazone groups is 1. The van der Waals surface area contributed by atoms with Crippen LogP contribution < -0.4 is 5.43 Å². The van der Waals surface area contributed by atoms with E-state index in [2.05, 4.69) is 54.4 Å². The molecule has 9 heteroatoms. The molecule has 2 atom stereocenters. The van der Waals surface area contributed by atoms with Gasteiger partial charge in [-0.15, -0.1) is 0 Å². The number of hydrogen-bond acceptors (Lipinski definition) is 6. The van der Waals surface area contributed by atoms with Crippen LogP contribution >= 0.6 is 0 Å². The fraction of sp³-hybridized carbons (Fsp3) is 0.471. The highest BCUT2D eigenvalue weighted by Gasteiger charge is 2.53. The van der Waals surface area contributed by atoms with E-state index in [4.69, 9.17) is 4.74 Å². The number of sulfonamides is 1. The second-order valence-electron chi connectivity index (χ2n) is 13.5. The molecule has 1 saturated carbocycles. The lowest BCUT2D eigenvalue weighted by molar-refractivity contribution is 0.0548. The van der Waals surface area contributed by atoms with Crippen LogP contribution in [0.4, 0.5) is 0 Å². The summed E-state index contributed by atoms with van der Waals surface area (Å²) in [5.74, 6) is -0.377. The first-order chi connectivity index (χ1) is 20.5. The molecule has 1 N–H and O–H groups in total. The average molecular weight is 603 g/mol. The SMILES string of the molecule is CC1(C)CC2CC(C)(CN2S(=O)(=O)c2ccc(C(=O)N/N=C/C3=C(N4CCOCC4)C(=C\c4ccccc4)/CC3)cc2)C1. The molecule has 8 nitrogen and oxygen atoms in total. The number of hydrogen-bond donors (Lipinski definition) is 1. The first-order valence-corrected chi connectivity index (χ1v) is 16.7. The van der Waals surface area contributed by atoms with E-state index in [1.807, 2.05) is 18.2 Å². The number of rotatable bonds is 7.